The van der Waals surface area contributed by atoms with Gasteiger partial charge in [0.1, 0.15) is 18.1 Å². The van der Waals surface area contributed by atoms with Crippen molar-refractivity contribution in [3.63, 3.8) is 0 Å². The van der Waals surface area contributed by atoms with Gasteiger partial charge in [-0.3, -0.25) is 0 Å². The summed E-state index contributed by atoms with van der Waals surface area (Å²) in [5.41, 5.74) is 5.63. The summed E-state index contributed by atoms with van der Waals surface area (Å²) < 4.78 is 11.0. The molecule has 1 saturated heterocycles. The highest BCUT2D eigenvalue weighted by molar-refractivity contribution is 5.85. The number of benzene rings is 3. The molecule has 5 heteroatoms. The summed E-state index contributed by atoms with van der Waals surface area (Å²) in [6, 6.07) is 24.3. The second kappa shape index (κ2) is 10.8. The standard InChI is InChI=1S/C30H31NO4/c32-30(33)35-25-12-13-29-28(20-25)27(26-10-5-4-9-24(26)21-34-29)11-6-16-31-17-14-23(15-18-31)19-22-7-2-1-3-8-22/h1-5,7-13,20,23H,6,14-19,21H2,(H,32,33). The van der Waals surface area contributed by atoms with Gasteiger partial charge in [-0.15, -0.1) is 0 Å². The first-order valence-corrected chi connectivity index (χ1v) is 12.4. The number of fused-ring (bicyclic) bond motifs is 2. The number of piperidine rings is 1. The van der Waals surface area contributed by atoms with E-state index >= 15 is 0 Å². The minimum atomic E-state index is -1.32. The first-order valence-electron chi connectivity index (χ1n) is 12.4. The fourth-order valence-electron chi connectivity index (χ4n) is 5.19. The van der Waals surface area contributed by atoms with E-state index < -0.39 is 6.16 Å². The first-order chi connectivity index (χ1) is 17.2. The van der Waals surface area contributed by atoms with Crippen LogP contribution in [0.3, 0.4) is 0 Å². The molecule has 2 aliphatic heterocycles. The van der Waals surface area contributed by atoms with Gasteiger partial charge < -0.3 is 19.5 Å². The molecule has 0 atom stereocenters. The Balaban J connectivity index is 1.29. The Hall–Kier alpha value is -3.57. The van der Waals surface area contributed by atoms with Crippen molar-refractivity contribution in [3.8, 4) is 11.5 Å². The van der Waals surface area contributed by atoms with Crippen molar-refractivity contribution >= 4 is 11.7 Å². The number of hydrogen-bond acceptors (Lipinski definition) is 4. The number of rotatable bonds is 6. The Labute approximate surface area is 206 Å². The summed E-state index contributed by atoms with van der Waals surface area (Å²) in [7, 11) is 0. The van der Waals surface area contributed by atoms with Crippen LogP contribution in [0.1, 0.15) is 41.5 Å². The van der Waals surface area contributed by atoms with E-state index in [0.717, 1.165) is 60.0 Å². The van der Waals surface area contributed by atoms with Gasteiger partial charge in [0.15, 0.2) is 0 Å². The van der Waals surface area contributed by atoms with Crippen molar-refractivity contribution in [3.05, 3.63) is 101 Å². The van der Waals surface area contributed by atoms with Crippen molar-refractivity contribution < 1.29 is 19.4 Å². The number of hydrogen-bond donors (Lipinski definition) is 1. The second-order valence-corrected chi connectivity index (χ2v) is 9.35. The van der Waals surface area contributed by atoms with Crippen molar-refractivity contribution in [2.45, 2.75) is 32.3 Å². The molecule has 35 heavy (non-hydrogen) atoms. The summed E-state index contributed by atoms with van der Waals surface area (Å²) >= 11 is 0. The summed E-state index contributed by atoms with van der Waals surface area (Å²) in [4.78, 5) is 13.6. The largest absolute Gasteiger partial charge is 0.511 e. The lowest BCUT2D eigenvalue weighted by molar-refractivity contribution is 0.144. The third kappa shape index (κ3) is 5.75. The quantitative estimate of drug-likeness (QED) is 0.334. The molecule has 0 spiro atoms. The molecule has 2 heterocycles. The van der Waals surface area contributed by atoms with E-state index in [0.29, 0.717) is 12.4 Å². The molecule has 5 rings (SSSR count). The van der Waals surface area contributed by atoms with E-state index in [9.17, 15) is 4.79 Å². The van der Waals surface area contributed by atoms with Gasteiger partial charge in [-0.05, 0) is 85.2 Å². The zero-order chi connectivity index (χ0) is 24.0. The van der Waals surface area contributed by atoms with Crippen LogP contribution in [0.5, 0.6) is 11.5 Å². The second-order valence-electron chi connectivity index (χ2n) is 9.35. The van der Waals surface area contributed by atoms with Gasteiger partial charge in [-0.1, -0.05) is 60.7 Å². The average molecular weight is 470 g/mol. The first kappa shape index (κ1) is 23.2. The van der Waals surface area contributed by atoms with Crippen molar-refractivity contribution in [2.24, 2.45) is 5.92 Å². The molecule has 0 saturated carbocycles. The number of ether oxygens (including phenoxy) is 2. The highest BCUT2D eigenvalue weighted by Gasteiger charge is 2.22. The summed E-state index contributed by atoms with van der Waals surface area (Å²) in [6.07, 6.45) is 5.51. The normalized spacial score (nSPS) is 17.2. The minimum Gasteiger partial charge on any atom is -0.488 e. The van der Waals surface area contributed by atoms with Gasteiger partial charge >= 0.3 is 6.16 Å². The Morgan fingerprint density at radius 2 is 1.77 bits per heavy atom. The van der Waals surface area contributed by atoms with Gasteiger partial charge in [0.05, 0.1) is 0 Å². The highest BCUT2D eigenvalue weighted by atomic mass is 16.7. The Bertz CT molecular complexity index is 1200. The van der Waals surface area contributed by atoms with Crippen LogP contribution in [-0.2, 0) is 13.0 Å². The van der Waals surface area contributed by atoms with Gasteiger partial charge in [0.2, 0.25) is 0 Å². The lowest BCUT2D eigenvalue weighted by Crippen LogP contribution is -2.34. The zero-order valence-electron chi connectivity index (χ0n) is 19.9. The third-order valence-electron chi connectivity index (χ3n) is 7.01. The summed E-state index contributed by atoms with van der Waals surface area (Å²) in [6.45, 7) is 3.75. The number of carbonyl (C=O) groups is 1. The lowest BCUT2D eigenvalue weighted by Gasteiger charge is -2.31. The fraction of sp³-hybridized carbons (Fsp3) is 0.300. The molecule has 2 aliphatic rings. The van der Waals surface area contributed by atoms with E-state index in [1.165, 1.54) is 24.8 Å². The SMILES string of the molecule is O=C(O)Oc1ccc2c(c1)C(=CCCN1CCC(Cc3ccccc3)CC1)c1ccccc1CO2. The van der Waals surface area contributed by atoms with Crippen molar-refractivity contribution in [1.29, 1.82) is 0 Å². The Morgan fingerprint density at radius 3 is 2.57 bits per heavy atom. The fourth-order valence-corrected chi connectivity index (χ4v) is 5.19. The molecule has 5 nitrogen and oxygen atoms in total. The topological polar surface area (TPSA) is 59.0 Å². The van der Waals surface area contributed by atoms with Crippen molar-refractivity contribution in [1.82, 2.24) is 4.90 Å². The van der Waals surface area contributed by atoms with Crippen LogP contribution in [0.25, 0.3) is 5.57 Å². The maximum atomic E-state index is 11.1. The Kier molecular flexibility index (Phi) is 7.15. The molecule has 3 aromatic carbocycles. The molecule has 0 amide bonds. The van der Waals surface area contributed by atoms with Gasteiger partial charge in [0.25, 0.3) is 0 Å². The number of likely N-dealkylation sites (tertiary alicyclic amines) is 1. The van der Waals surface area contributed by atoms with E-state index in [2.05, 4.69) is 53.4 Å². The Morgan fingerprint density at radius 1 is 1.00 bits per heavy atom. The molecular weight excluding hydrogens is 438 g/mol. The van der Waals surface area contributed by atoms with Gasteiger partial charge in [-0.25, -0.2) is 4.79 Å². The van der Waals surface area contributed by atoms with Crippen LogP contribution < -0.4 is 9.47 Å². The molecule has 0 unspecified atom stereocenters. The zero-order valence-corrected chi connectivity index (χ0v) is 19.9. The van der Waals surface area contributed by atoms with Gasteiger partial charge in [-0.2, -0.15) is 0 Å². The molecule has 1 fully saturated rings. The van der Waals surface area contributed by atoms with Gasteiger partial charge in [0, 0.05) is 12.1 Å². The third-order valence-corrected chi connectivity index (χ3v) is 7.01. The monoisotopic (exact) mass is 469 g/mol. The number of carboxylic acid groups (broad SMARTS) is 1. The van der Waals surface area contributed by atoms with Crippen LogP contribution in [-0.4, -0.2) is 35.8 Å². The molecular formula is C30H31NO4. The van der Waals surface area contributed by atoms with E-state index in [1.54, 1.807) is 18.2 Å². The lowest BCUT2D eigenvalue weighted by atomic mass is 9.90. The highest BCUT2D eigenvalue weighted by Crippen LogP contribution is 2.39. The van der Waals surface area contributed by atoms with Crippen LogP contribution in [0.4, 0.5) is 4.79 Å². The summed E-state index contributed by atoms with van der Waals surface area (Å²) in [5.74, 6) is 1.80. The average Bonchev–Trinajstić information content (AvgIpc) is 3.02. The molecule has 180 valence electrons. The van der Waals surface area contributed by atoms with Crippen LogP contribution in [0, 0.1) is 5.92 Å². The van der Waals surface area contributed by atoms with Crippen LogP contribution in [0.2, 0.25) is 0 Å². The maximum Gasteiger partial charge on any atom is 0.511 e. The van der Waals surface area contributed by atoms with E-state index in [-0.39, 0.29) is 0 Å². The van der Waals surface area contributed by atoms with Crippen LogP contribution >= 0.6 is 0 Å². The van der Waals surface area contributed by atoms with E-state index in [1.807, 2.05) is 12.1 Å². The minimum absolute atomic E-state index is 0.297. The predicted molar refractivity (Wildman–Crippen MR) is 137 cm³/mol. The molecule has 1 N–H and O–H groups in total. The number of nitrogens with zero attached hydrogens (tertiary/aromatic N) is 1. The predicted octanol–water partition coefficient (Wildman–Crippen LogP) is 6.41. The van der Waals surface area contributed by atoms with Crippen LogP contribution in [0.15, 0.2) is 78.9 Å². The molecule has 3 aromatic rings. The smallest absolute Gasteiger partial charge is 0.488 e. The molecule has 0 aromatic heterocycles. The van der Waals surface area contributed by atoms with E-state index in [4.69, 9.17) is 14.6 Å². The maximum absolute atomic E-state index is 11.1. The van der Waals surface area contributed by atoms with Crippen molar-refractivity contribution in [2.75, 3.05) is 19.6 Å². The molecule has 0 bridgehead atoms. The molecule has 0 aliphatic carbocycles. The molecule has 0 radical (unpaired) electrons. The summed E-state index contributed by atoms with van der Waals surface area (Å²) in [5, 5.41) is 9.06.